The van der Waals surface area contributed by atoms with Crippen LogP contribution >= 0.6 is 0 Å². The van der Waals surface area contributed by atoms with E-state index in [0.717, 1.165) is 17.9 Å². The number of aryl methyl sites for hydroxylation is 2. The van der Waals surface area contributed by atoms with Crippen molar-refractivity contribution >= 4 is 5.91 Å². The van der Waals surface area contributed by atoms with Gasteiger partial charge >= 0.3 is 0 Å². The lowest BCUT2D eigenvalue weighted by atomic mass is 9.62. The van der Waals surface area contributed by atoms with Gasteiger partial charge in [-0.05, 0) is 94.7 Å². The minimum absolute atomic E-state index is 0.0719. The van der Waals surface area contributed by atoms with Crippen LogP contribution in [-0.4, -0.2) is 21.9 Å². The lowest BCUT2D eigenvalue weighted by Gasteiger charge is -2.42. The highest BCUT2D eigenvalue weighted by atomic mass is 16.4. The Hall–Kier alpha value is -4.31. The van der Waals surface area contributed by atoms with Gasteiger partial charge in [0.25, 0.3) is 5.91 Å². The van der Waals surface area contributed by atoms with Crippen LogP contribution in [0.4, 0.5) is 0 Å². The number of aromatic nitrogens is 1. The molecule has 4 heteroatoms. The topological polar surface area (TPSA) is 38.4 Å². The summed E-state index contributed by atoms with van der Waals surface area (Å²) in [5.74, 6) is 1.33. The Bertz CT molecular complexity index is 1750. The molecule has 0 spiro atoms. The largest absolute Gasteiger partial charge is 0.456 e. The molecule has 0 atom stereocenters. The summed E-state index contributed by atoms with van der Waals surface area (Å²) in [5.41, 5.74) is 9.41. The van der Waals surface area contributed by atoms with E-state index in [-0.39, 0.29) is 22.7 Å². The molecular weight excluding hydrogens is 564 g/mol. The summed E-state index contributed by atoms with van der Waals surface area (Å²) in [6.07, 6.45) is 5.89. The molecule has 0 unspecified atom stereocenters. The Morgan fingerprint density at radius 2 is 1.43 bits per heavy atom. The smallest absolute Gasteiger partial charge is 0.289 e. The molecule has 238 valence electrons. The van der Waals surface area contributed by atoms with Gasteiger partial charge in [0.15, 0.2) is 5.76 Å². The van der Waals surface area contributed by atoms with Crippen LogP contribution in [0.2, 0.25) is 0 Å². The van der Waals surface area contributed by atoms with Gasteiger partial charge in [0.2, 0.25) is 0 Å². The zero-order chi connectivity index (χ0) is 32.5. The number of fused-ring (bicyclic) bond motifs is 1. The van der Waals surface area contributed by atoms with Gasteiger partial charge < -0.3 is 13.9 Å². The minimum atomic E-state index is -0.0719. The molecule has 2 heterocycles. The normalized spacial score (nSPS) is 15.1. The van der Waals surface area contributed by atoms with Crippen molar-refractivity contribution in [1.82, 2.24) is 9.47 Å². The van der Waals surface area contributed by atoms with Crippen molar-refractivity contribution < 1.29 is 9.21 Å². The molecule has 0 saturated carbocycles. The molecule has 0 N–H and O–H groups in total. The molecule has 1 aliphatic carbocycles. The van der Waals surface area contributed by atoms with Crippen molar-refractivity contribution in [2.24, 2.45) is 7.05 Å². The van der Waals surface area contributed by atoms with Crippen LogP contribution in [0, 0.1) is 6.92 Å². The Morgan fingerprint density at radius 3 is 2.02 bits per heavy atom. The number of nitrogens with zero attached hydrogens (tertiary/aromatic N) is 2. The number of hydrogen-bond donors (Lipinski definition) is 0. The van der Waals surface area contributed by atoms with E-state index in [9.17, 15) is 4.79 Å². The lowest BCUT2D eigenvalue weighted by molar-refractivity contribution is 0.0702. The van der Waals surface area contributed by atoms with Gasteiger partial charge in [0, 0.05) is 37.8 Å². The molecule has 46 heavy (non-hydrogen) atoms. The summed E-state index contributed by atoms with van der Waals surface area (Å²) in [6, 6.07) is 34.0. The summed E-state index contributed by atoms with van der Waals surface area (Å²) in [6.45, 7) is 12.8. The summed E-state index contributed by atoms with van der Waals surface area (Å²) < 4.78 is 8.43. The highest BCUT2D eigenvalue weighted by molar-refractivity contribution is 5.91. The first-order valence-corrected chi connectivity index (χ1v) is 16.7. The molecular formula is C42H48N2O2. The quantitative estimate of drug-likeness (QED) is 0.157. The van der Waals surface area contributed by atoms with Gasteiger partial charge in [-0.3, -0.25) is 4.79 Å². The molecule has 1 aliphatic rings. The van der Waals surface area contributed by atoms with Crippen LogP contribution in [-0.2, 0) is 30.8 Å². The average Bonchev–Trinajstić information content (AvgIpc) is 3.69. The van der Waals surface area contributed by atoms with Gasteiger partial charge in [-0.2, -0.15) is 0 Å². The fourth-order valence-corrected chi connectivity index (χ4v) is 7.18. The molecule has 0 bridgehead atoms. The third kappa shape index (κ3) is 6.63. The predicted octanol–water partition coefficient (Wildman–Crippen LogP) is 9.73. The number of hydrogen-bond acceptors (Lipinski definition) is 2. The second kappa shape index (κ2) is 12.8. The van der Waals surface area contributed by atoms with E-state index in [1.807, 2.05) is 36.3 Å². The fraction of sp³-hybridized carbons (Fsp3) is 0.357. The molecule has 1 amide bonds. The van der Waals surface area contributed by atoms with E-state index in [1.165, 1.54) is 46.2 Å². The fourth-order valence-electron chi connectivity index (χ4n) is 7.18. The van der Waals surface area contributed by atoms with E-state index >= 15 is 0 Å². The number of carbonyl (C=O) groups is 1. The maximum absolute atomic E-state index is 14.2. The van der Waals surface area contributed by atoms with Gasteiger partial charge in [0.05, 0.1) is 6.54 Å². The zero-order valence-corrected chi connectivity index (χ0v) is 28.3. The maximum atomic E-state index is 14.2. The van der Waals surface area contributed by atoms with Gasteiger partial charge in [0.1, 0.15) is 5.76 Å². The molecule has 0 radical (unpaired) electrons. The Labute approximate surface area is 275 Å². The molecule has 0 fully saturated rings. The van der Waals surface area contributed by atoms with E-state index in [0.29, 0.717) is 25.3 Å². The van der Waals surface area contributed by atoms with Crippen LogP contribution in [0.25, 0.3) is 0 Å². The lowest BCUT2D eigenvalue weighted by Crippen LogP contribution is -2.34. The number of rotatable bonds is 10. The molecule has 2 aromatic heterocycles. The summed E-state index contributed by atoms with van der Waals surface area (Å²) in [4.78, 5) is 16.1. The summed E-state index contributed by atoms with van der Waals surface area (Å²) >= 11 is 0. The van der Waals surface area contributed by atoms with Crippen molar-refractivity contribution in [3.05, 3.63) is 154 Å². The second-order valence-corrected chi connectivity index (χ2v) is 14.5. The van der Waals surface area contributed by atoms with E-state index in [4.69, 9.17) is 4.42 Å². The monoisotopic (exact) mass is 612 g/mol. The van der Waals surface area contributed by atoms with E-state index in [1.54, 1.807) is 0 Å². The van der Waals surface area contributed by atoms with Crippen molar-refractivity contribution in [2.45, 2.75) is 83.6 Å². The predicted molar refractivity (Wildman–Crippen MR) is 187 cm³/mol. The third-order valence-corrected chi connectivity index (χ3v) is 10.3. The first-order valence-electron chi connectivity index (χ1n) is 16.7. The summed E-state index contributed by atoms with van der Waals surface area (Å²) in [7, 11) is 2.03. The number of carbonyl (C=O) groups excluding carboxylic acids is 1. The van der Waals surface area contributed by atoms with Crippen LogP contribution in [0.3, 0.4) is 0 Å². The van der Waals surface area contributed by atoms with Crippen molar-refractivity contribution in [3.8, 4) is 0 Å². The van der Waals surface area contributed by atoms with E-state index in [2.05, 4.69) is 118 Å². The Balaban J connectivity index is 1.25. The highest BCUT2D eigenvalue weighted by Gasteiger charge is 2.37. The number of amides is 1. The van der Waals surface area contributed by atoms with Gasteiger partial charge in [-0.25, -0.2) is 0 Å². The highest BCUT2D eigenvalue weighted by Crippen LogP contribution is 2.46. The maximum Gasteiger partial charge on any atom is 0.289 e. The first-order chi connectivity index (χ1) is 22.0. The average molecular weight is 613 g/mol. The Kier molecular flexibility index (Phi) is 8.83. The standard InChI is InChI=1S/C42H48N2O2/c1-30-26-37-38(42(4,5)23-22-41(37,2)3)28-33(30)27-35-19-20-39(46-35)40(45)44(29-34-18-13-24-43(34)6)25-21-36(31-14-9-7-10-15-31)32-16-11-8-12-17-32/h7-20,24,26,28,36H,21-23,25,27,29H2,1-6H3. The van der Waals surface area contributed by atoms with Crippen LogP contribution in [0.1, 0.15) is 108 Å². The molecule has 4 nitrogen and oxygen atoms in total. The van der Waals surface area contributed by atoms with Crippen LogP contribution in [0.15, 0.2) is 108 Å². The van der Waals surface area contributed by atoms with Crippen molar-refractivity contribution in [1.29, 1.82) is 0 Å². The number of furan rings is 1. The van der Waals surface area contributed by atoms with Crippen LogP contribution in [0.5, 0.6) is 0 Å². The molecule has 5 aromatic rings. The molecule has 6 rings (SSSR count). The second-order valence-electron chi connectivity index (χ2n) is 14.5. The molecule has 0 aliphatic heterocycles. The number of benzene rings is 3. The zero-order valence-electron chi connectivity index (χ0n) is 28.3. The Morgan fingerprint density at radius 1 is 0.826 bits per heavy atom. The first kappa shape index (κ1) is 31.7. The van der Waals surface area contributed by atoms with Crippen LogP contribution < -0.4 is 0 Å². The third-order valence-electron chi connectivity index (χ3n) is 10.3. The van der Waals surface area contributed by atoms with Crippen molar-refractivity contribution in [3.63, 3.8) is 0 Å². The molecule has 0 saturated heterocycles. The molecule has 3 aromatic carbocycles. The SMILES string of the molecule is Cc1cc2c(cc1Cc1ccc(C(=O)N(CCC(c3ccccc3)c3ccccc3)Cc3cccn3C)o1)C(C)(C)CCC2(C)C. The summed E-state index contributed by atoms with van der Waals surface area (Å²) in [5, 5.41) is 0. The van der Waals surface area contributed by atoms with Gasteiger partial charge in [-0.15, -0.1) is 0 Å². The minimum Gasteiger partial charge on any atom is -0.456 e. The van der Waals surface area contributed by atoms with E-state index < -0.39 is 0 Å². The van der Waals surface area contributed by atoms with Crippen molar-refractivity contribution in [2.75, 3.05) is 6.54 Å². The van der Waals surface area contributed by atoms with Gasteiger partial charge in [-0.1, -0.05) is 100 Å².